The van der Waals surface area contributed by atoms with Crippen molar-refractivity contribution in [2.45, 2.75) is 6.04 Å². The quantitative estimate of drug-likeness (QED) is 0.656. The zero-order valence-corrected chi connectivity index (χ0v) is 14.2. The van der Waals surface area contributed by atoms with Crippen LogP contribution in [0.2, 0.25) is 0 Å². The van der Waals surface area contributed by atoms with E-state index in [2.05, 4.69) is 21.9 Å². The van der Waals surface area contributed by atoms with Gasteiger partial charge in [0.15, 0.2) is 5.78 Å². The van der Waals surface area contributed by atoms with Crippen LogP contribution in [0.5, 0.6) is 0 Å². The van der Waals surface area contributed by atoms with Crippen LogP contribution in [0.3, 0.4) is 0 Å². The average Bonchev–Trinajstić information content (AvgIpc) is 2.67. The topological polar surface area (TPSA) is 84.5 Å². The highest BCUT2D eigenvalue weighted by molar-refractivity contribution is 6.01. The van der Waals surface area contributed by atoms with Crippen molar-refractivity contribution in [1.29, 1.82) is 0 Å². The Labute approximate surface area is 150 Å². The van der Waals surface area contributed by atoms with Crippen LogP contribution in [0.4, 0.5) is 4.79 Å². The number of urea groups is 1. The molecule has 1 fully saturated rings. The lowest BCUT2D eigenvalue weighted by Gasteiger charge is -2.34. The maximum Gasteiger partial charge on any atom is 0.337 e. The minimum atomic E-state index is -0.668. The molecule has 26 heavy (non-hydrogen) atoms. The molecule has 2 amide bonds. The van der Waals surface area contributed by atoms with E-state index in [-0.39, 0.29) is 5.78 Å². The number of methoxy groups -OCH3 is 1. The van der Waals surface area contributed by atoms with Gasteiger partial charge in [-0.2, -0.15) is 0 Å². The summed E-state index contributed by atoms with van der Waals surface area (Å²) in [5, 5.41) is 5.36. The fourth-order valence-corrected chi connectivity index (χ4v) is 3.00. The number of amides is 2. The minimum absolute atomic E-state index is 0.148. The molecule has 132 valence electrons. The monoisotopic (exact) mass is 350 g/mol. The normalized spacial score (nSPS) is 19.3. The van der Waals surface area contributed by atoms with E-state index in [9.17, 15) is 14.4 Å². The number of esters is 1. The van der Waals surface area contributed by atoms with E-state index in [1.807, 2.05) is 6.07 Å². The molecule has 1 saturated heterocycles. The highest BCUT2D eigenvalue weighted by Gasteiger charge is 2.38. The third kappa shape index (κ3) is 3.35. The van der Waals surface area contributed by atoms with Gasteiger partial charge in [-0.25, -0.2) is 9.59 Å². The zero-order valence-electron chi connectivity index (χ0n) is 14.2. The number of hydrogen-bond acceptors (Lipinski definition) is 4. The molecule has 2 N–H and O–H groups in total. The lowest BCUT2D eigenvalue weighted by Crippen LogP contribution is -2.50. The number of ether oxygens (including phenoxy) is 1. The first-order valence-corrected chi connectivity index (χ1v) is 8.05. The molecule has 2 aromatic rings. The Morgan fingerprint density at radius 2 is 1.65 bits per heavy atom. The first-order valence-electron chi connectivity index (χ1n) is 8.05. The molecule has 6 nitrogen and oxygen atoms in total. The van der Waals surface area contributed by atoms with Gasteiger partial charge in [0, 0.05) is 11.3 Å². The summed E-state index contributed by atoms with van der Waals surface area (Å²) in [5.74, 6) is -1.27. The largest absolute Gasteiger partial charge is 0.465 e. The van der Waals surface area contributed by atoms with Crippen LogP contribution in [0.15, 0.2) is 66.9 Å². The number of hydrogen-bond donors (Lipinski definition) is 2. The number of rotatable bonds is 4. The predicted octanol–water partition coefficient (Wildman–Crippen LogP) is 2.84. The molecule has 6 heteroatoms. The summed E-state index contributed by atoms with van der Waals surface area (Å²) in [6, 6.07) is 14.4. The van der Waals surface area contributed by atoms with E-state index >= 15 is 0 Å². The zero-order chi connectivity index (χ0) is 18.7. The molecule has 0 aromatic heterocycles. The second-order valence-corrected chi connectivity index (χ2v) is 5.92. The fraction of sp³-hybridized carbons (Fsp3) is 0.150. The van der Waals surface area contributed by atoms with Gasteiger partial charge < -0.3 is 15.4 Å². The highest BCUT2D eigenvalue weighted by atomic mass is 16.5. The lowest BCUT2D eigenvalue weighted by atomic mass is 9.83. The SMILES string of the molecule is C=C1NC(=O)N[C@H](c2ccc(C(=O)OC)cc2)[C@@H]1C(=O)c1ccccc1. The van der Waals surface area contributed by atoms with Crippen molar-refractivity contribution in [3.63, 3.8) is 0 Å². The van der Waals surface area contributed by atoms with Crippen LogP contribution in [0, 0.1) is 5.92 Å². The number of ketones is 1. The van der Waals surface area contributed by atoms with E-state index in [0.717, 1.165) is 0 Å². The third-order valence-electron chi connectivity index (χ3n) is 4.30. The van der Waals surface area contributed by atoms with Gasteiger partial charge in [0.1, 0.15) is 0 Å². The van der Waals surface area contributed by atoms with Gasteiger partial charge in [-0.1, -0.05) is 49.0 Å². The molecule has 3 rings (SSSR count). The summed E-state index contributed by atoms with van der Waals surface area (Å²) < 4.78 is 4.69. The molecular weight excluding hydrogens is 332 g/mol. The number of carbonyl (C=O) groups is 3. The van der Waals surface area contributed by atoms with Gasteiger partial charge >= 0.3 is 12.0 Å². The first kappa shape index (κ1) is 17.4. The lowest BCUT2D eigenvalue weighted by molar-refractivity contribution is 0.0600. The maximum atomic E-state index is 13.0. The van der Waals surface area contributed by atoms with Crippen LogP contribution < -0.4 is 10.6 Å². The van der Waals surface area contributed by atoms with E-state index < -0.39 is 24.0 Å². The molecule has 0 spiro atoms. The number of carbonyl (C=O) groups excluding carboxylic acids is 3. The molecular formula is C20H18N2O4. The van der Waals surface area contributed by atoms with Crippen molar-refractivity contribution >= 4 is 17.8 Å². The Hall–Kier alpha value is -3.41. The number of benzene rings is 2. The molecule has 0 radical (unpaired) electrons. The summed E-state index contributed by atoms with van der Waals surface area (Å²) in [5.41, 5.74) is 1.96. The summed E-state index contributed by atoms with van der Waals surface area (Å²) in [7, 11) is 1.31. The van der Waals surface area contributed by atoms with Gasteiger partial charge in [-0.15, -0.1) is 0 Å². The maximum absolute atomic E-state index is 13.0. The highest BCUT2D eigenvalue weighted by Crippen LogP contribution is 2.32. The average molecular weight is 350 g/mol. The van der Waals surface area contributed by atoms with E-state index in [0.29, 0.717) is 22.4 Å². The van der Waals surface area contributed by atoms with Crippen LogP contribution in [0.25, 0.3) is 0 Å². The van der Waals surface area contributed by atoms with Gasteiger partial charge in [-0.05, 0) is 17.7 Å². The number of Topliss-reactive ketones (excluding diaryl/α,β-unsaturated/α-hetero) is 1. The van der Waals surface area contributed by atoms with Crippen LogP contribution >= 0.6 is 0 Å². The molecule has 0 unspecified atom stereocenters. The van der Waals surface area contributed by atoms with Gasteiger partial charge in [-0.3, -0.25) is 4.79 Å². The molecule has 2 aromatic carbocycles. The van der Waals surface area contributed by atoms with Crippen molar-refractivity contribution in [2.75, 3.05) is 7.11 Å². The molecule has 1 aliphatic rings. The minimum Gasteiger partial charge on any atom is -0.465 e. The van der Waals surface area contributed by atoms with Crippen molar-refractivity contribution in [3.8, 4) is 0 Å². The standard InChI is InChI=1S/C20H18N2O4/c1-12-16(18(23)14-6-4-3-5-7-14)17(22-20(25)21-12)13-8-10-15(11-9-13)19(24)26-2/h3-11,16-17H,1H2,2H3,(H2,21,22,25)/t16-,17-/m1/s1. The molecule has 1 heterocycles. The van der Waals surface area contributed by atoms with Crippen molar-refractivity contribution in [3.05, 3.63) is 83.6 Å². The second kappa shape index (κ2) is 7.23. The van der Waals surface area contributed by atoms with Crippen LogP contribution in [-0.2, 0) is 4.74 Å². The second-order valence-electron chi connectivity index (χ2n) is 5.92. The fourth-order valence-electron chi connectivity index (χ4n) is 3.00. The molecule has 0 aliphatic carbocycles. The van der Waals surface area contributed by atoms with E-state index in [1.54, 1.807) is 48.5 Å². The third-order valence-corrected chi connectivity index (χ3v) is 4.30. The number of nitrogens with one attached hydrogen (secondary N) is 2. The molecule has 1 aliphatic heterocycles. The van der Waals surface area contributed by atoms with Crippen LogP contribution in [0.1, 0.15) is 32.3 Å². The summed E-state index contributed by atoms with van der Waals surface area (Å²) in [6.07, 6.45) is 0. The Morgan fingerprint density at radius 3 is 2.27 bits per heavy atom. The Kier molecular flexibility index (Phi) is 4.84. The molecule has 2 atom stereocenters. The van der Waals surface area contributed by atoms with Gasteiger partial charge in [0.25, 0.3) is 0 Å². The van der Waals surface area contributed by atoms with Crippen molar-refractivity contribution in [2.24, 2.45) is 5.92 Å². The summed E-state index contributed by atoms with van der Waals surface area (Å²) >= 11 is 0. The molecule has 0 bridgehead atoms. The summed E-state index contributed by atoms with van der Waals surface area (Å²) in [4.78, 5) is 36.5. The Morgan fingerprint density at radius 1 is 1.00 bits per heavy atom. The first-order chi connectivity index (χ1) is 12.5. The molecule has 0 saturated carbocycles. The smallest absolute Gasteiger partial charge is 0.337 e. The van der Waals surface area contributed by atoms with Gasteiger partial charge in [0.05, 0.1) is 24.6 Å². The Balaban J connectivity index is 1.96. The van der Waals surface area contributed by atoms with Crippen molar-refractivity contribution < 1.29 is 19.1 Å². The summed E-state index contributed by atoms with van der Waals surface area (Å²) in [6.45, 7) is 3.86. The Bertz CT molecular complexity index is 859. The predicted molar refractivity (Wildman–Crippen MR) is 95.6 cm³/mol. The van der Waals surface area contributed by atoms with Gasteiger partial charge in [0.2, 0.25) is 0 Å². The van der Waals surface area contributed by atoms with Crippen LogP contribution in [-0.4, -0.2) is 24.9 Å². The van der Waals surface area contributed by atoms with E-state index in [4.69, 9.17) is 0 Å². The van der Waals surface area contributed by atoms with Crippen molar-refractivity contribution in [1.82, 2.24) is 10.6 Å². The van der Waals surface area contributed by atoms with E-state index in [1.165, 1.54) is 7.11 Å².